The summed E-state index contributed by atoms with van der Waals surface area (Å²) < 4.78 is 3.34. The maximum Gasteiger partial charge on any atom is 0.269 e. The minimum absolute atomic E-state index is 0.0891. The molecule has 7 nitrogen and oxygen atoms in total. The normalized spacial score (nSPS) is 13.4. The van der Waals surface area contributed by atoms with Gasteiger partial charge in [-0.15, -0.1) is 0 Å². The van der Waals surface area contributed by atoms with Gasteiger partial charge in [0.25, 0.3) is 11.5 Å². The summed E-state index contributed by atoms with van der Waals surface area (Å²) in [5, 5.41) is 7.65. The molecule has 2 aromatic heterocycles. The summed E-state index contributed by atoms with van der Waals surface area (Å²) in [6, 6.07) is 12.5. The van der Waals surface area contributed by atoms with Crippen LogP contribution in [-0.2, 0) is 13.0 Å². The molecule has 0 bridgehead atoms. The van der Waals surface area contributed by atoms with Crippen LogP contribution in [-0.4, -0.2) is 26.8 Å². The van der Waals surface area contributed by atoms with Crippen molar-refractivity contribution in [3.63, 3.8) is 0 Å². The Balaban J connectivity index is 1.77. The fraction of sp³-hybridized carbons (Fsp3) is 0.167. The van der Waals surface area contributed by atoms with Crippen molar-refractivity contribution in [2.24, 2.45) is 5.73 Å². The van der Waals surface area contributed by atoms with Crippen LogP contribution in [0.2, 0.25) is 0 Å². The number of primary amides is 1. The van der Waals surface area contributed by atoms with Crippen molar-refractivity contribution in [2.75, 3.05) is 6.54 Å². The molecule has 0 spiro atoms. The van der Waals surface area contributed by atoms with E-state index in [4.69, 9.17) is 5.73 Å². The molecule has 0 saturated carbocycles. The van der Waals surface area contributed by atoms with Gasteiger partial charge >= 0.3 is 0 Å². The molecule has 7 heteroatoms. The molecule has 0 atom stereocenters. The number of rotatable bonds is 3. The third-order valence-electron chi connectivity index (χ3n) is 4.36. The van der Waals surface area contributed by atoms with E-state index in [1.54, 1.807) is 21.5 Å². The standard InChI is InChI=1S/C18H17N5O2/c19-18(25)17-14-11-20-9-8-15(14)23(21-17)13-6-4-12(5-7-13)22-10-2-1-3-16(22)24/h1-7,10,20H,8-9,11H2,(H2,19,25). The van der Waals surface area contributed by atoms with Crippen LogP contribution in [0.25, 0.3) is 11.4 Å². The molecule has 0 unspecified atom stereocenters. The average Bonchev–Trinajstić information content (AvgIpc) is 3.02. The van der Waals surface area contributed by atoms with Crippen molar-refractivity contribution in [3.8, 4) is 11.4 Å². The predicted octanol–water partition coefficient (Wildman–Crippen LogP) is 0.768. The minimum Gasteiger partial charge on any atom is -0.364 e. The van der Waals surface area contributed by atoms with E-state index < -0.39 is 5.91 Å². The third kappa shape index (κ3) is 2.64. The van der Waals surface area contributed by atoms with Gasteiger partial charge in [0.2, 0.25) is 0 Å². The Morgan fingerprint density at radius 2 is 1.88 bits per heavy atom. The highest BCUT2D eigenvalue weighted by atomic mass is 16.1. The molecule has 0 radical (unpaired) electrons. The molecular weight excluding hydrogens is 318 g/mol. The first-order chi connectivity index (χ1) is 12.1. The Bertz CT molecular complexity index is 1000. The van der Waals surface area contributed by atoms with E-state index in [1.165, 1.54) is 6.07 Å². The number of nitrogens with one attached hydrogen (secondary N) is 1. The zero-order chi connectivity index (χ0) is 17.4. The summed E-state index contributed by atoms with van der Waals surface area (Å²) in [6.07, 6.45) is 2.50. The van der Waals surface area contributed by atoms with Crippen LogP contribution in [0.4, 0.5) is 0 Å². The van der Waals surface area contributed by atoms with E-state index in [0.29, 0.717) is 12.2 Å². The van der Waals surface area contributed by atoms with E-state index in [2.05, 4.69) is 10.4 Å². The van der Waals surface area contributed by atoms with Gasteiger partial charge in [-0.25, -0.2) is 4.68 Å². The van der Waals surface area contributed by atoms with Crippen LogP contribution in [0.3, 0.4) is 0 Å². The zero-order valence-electron chi connectivity index (χ0n) is 13.5. The van der Waals surface area contributed by atoms with Gasteiger partial charge in [0.1, 0.15) is 0 Å². The lowest BCUT2D eigenvalue weighted by Gasteiger charge is -2.15. The van der Waals surface area contributed by atoms with Crippen molar-refractivity contribution in [1.82, 2.24) is 19.7 Å². The van der Waals surface area contributed by atoms with Gasteiger partial charge in [-0.1, -0.05) is 6.07 Å². The maximum absolute atomic E-state index is 11.9. The Morgan fingerprint density at radius 1 is 1.12 bits per heavy atom. The number of benzene rings is 1. The van der Waals surface area contributed by atoms with Crippen molar-refractivity contribution >= 4 is 5.91 Å². The lowest BCUT2D eigenvalue weighted by molar-refractivity contribution is 0.0994. The molecule has 0 aliphatic carbocycles. The molecule has 3 heterocycles. The van der Waals surface area contributed by atoms with Gasteiger partial charge < -0.3 is 11.1 Å². The lowest BCUT2D eigenvalue weighted by atomic mass is 10.1. The summed E-state index contributed by atoms with van der Waals surface area (Å²) >= 11 is 0. The van der Waals surface area contributed by atoms with Crippen LogP contribution in [0.5, 0.6) is 0 Å². The number of hydrogen-bond donors (Lipinski definition) is 2. The van der Waals surface area contributed by atoms with Gasteiger partial charge in [0.15, 0.2) is 5.69 Å². The number of amides is 1. The lowest BCUT2D eigenvalue weighted by Crippen LogP contribution is -2.26. The van der Waals surface area contributed by atoms with Crippen LogP contribution in [0, 0.1) is 0 Å². The summed E-state index contributed by atoms with van der Waals surface area (Å²) in [4.78, 5) is 23.6. The summed E-state index contributed by atoms with van der Waals surface area (Å²) in [5.41, 5.74) is 9.15. The zero-order valence-corrected chi connectivity index (χ0v) is 13.5. The SMILES string of the molecule is NC(=O)c1nn(-c2ccc(-n3ccccc3=O)cc2)c2c1CNCC2. The van der Waals surface area contributed by atoms with Crippen molar-refractivity contribution < 1.29 is 4.79 Å². The molecule has 0 fully saturated rings. The highest BCUT2D eigenvalue weighted by Gasteiger charge is 2.24. The highest BCUT2D eigenvalue weighted by molar-refractivity contribution is 5.92. The molecule has 4 rings (SSSR count). The Labute approximate surface area is 143 Å². The van der Waals surface area contributed by atoms with E-state index in [1.807, 2.05) is 30.3 Å². The smallest absolute Gasteiger partial charge is 0.269 e. The van der Waals surface area contributed by atoms with E-state index >= 15 is 0 Å². The van der Waals surface area contributed by atoms with Gasteiger partial charge in [-0.3, -0.25) is 14.2 Å². The third-order valence-corrected chi connectivity index (χ3v) is 4.36. The number of hydrogen-bond acceptors (Lipinski definition) is 4. The molecule has 1 aromatic carbocycles. The molecule has 3 N–H and O–H groups in total. The number of aromatic nitrogens is 3. The topological polar surface area (TPSA) is 94.9 Å². The Hall–Kier alpha value is -3.19. The number of carbonyl (C=O) groups is 1. The second kappa shape index (κ2) is 6.03. The summed E-state index contributed by atoms with van der Waals surface area (Å²) in [7, 11) is 0. The molecule has 1 aliphatic heterocycles. The molecule has 1 aliphatic rings. The van der Waals surface area contributed by atoms with Gasteiger partial charge in [-0.2, -0.15) is 5.10 Å². The molecule has 25 heavy (non-hydrogen) atoms. The van der Waals surface area contributed by atoms with E-state index in [9.17, 15) is 9.59 Å². The van der Waals surface area contributed by atoms with E-state index in [0.717, 1.165) is 35.6 Å². The number of carbonyl (C=O) groups excluding carboxylic acids is 1. The second-order valence-corrected chi connectivity index (χ2v) is 5.90. The van der Waals surface area contributed by atoms with Crippen molar-refractivity contribution in [2.45, 2.75) is 13.0 Å². The van der Waals surface area contributed by atoms with Crippen LogP contribution in [0.1, 0.15) is 21.7 Å². The fourth-order valence-corrected chi connectivity index (χ4v) is 3.15. The van der Waals surface area contributed by atoms with Crippen LogP contribution in [0.15, 0.2) is 53.5 Å². The quantitative estimate of drug-likeness (QED) is 0.739. The average molecular weight is 335 g/mol. The highest BCUT2D eigenvalue weighted by Crippen LogP contribution is 2.22. The Kier molecular flexibility index (Phi) is 3.70. The first kappa shape index (κ1) is 15.3. The van der Waals surface area contributed by atoms with Gasteiger partial charge in [0.05, 0.1) is 11.4 Å². The summed E-state index contributed by atoms with van der Waals surface area (Å²) in [6.45, 7) is 1.42. The fourth-order valence-electron chi connectivity index (χ4n) is 3.15. The van der Waals surface area contributed by atoms with Crippen LogP contribution < -0.4 is 16.6 Å². The van der Waals surface area contributed by atoms with E-state index in [-0.39, 0.29) is 5.56 Å². The Morgan fingerprint density at radius 3 is 2.60 bits per heavy atom. The van der Waals surface area contributed by atoms with Crippen molar-refractivity contribution in [1.29, 1.82) is 0 Å². The predicted molar refractivity (Wildman–Crippen MR) is 93.1 cm³/mol. The molecule has 3 aromatic rings. The monoisotopic (exact) mass is 335 g/mol. The number of pyridine rings is 1. The summed E-state index contributed by atoms with van der Waals surface area (Å²) in [5.74, 6) is -0.522. The number of nitrogens with zero attached hydrogens (tertiary/aromatic N) is 3. The molecule has 1 amide bonds. The minimum atomic E-state index is -0.522. The largest absolute Gasteiger partial charge is 0.364 e. The second-order valence-electron chi connectivity index (χ2n) is 5.90. The maximum atomic E-state index is 11.9. The first-order valence-electron chi connectivity index (χ1n) is 8.05. The number of fused-ring (bicyclic) bond motifs is 1. The van der Waals surface area contributed by atoms with Gasteiger partial charge in [0, 0.05) is 43.0 Å². The number of nitrogens with two attached hydrogens (primary N) is 1. The molecule has 0 saturated heterocycles. The molecule has 126 valence electrons. The van der Waals surface area contributed by atoms with Gasteiger partial charge in [-0.05, 0) is 30.3 Å². The molecular formula is C18H17N5O2. The van der Waals surface area contributed by atoms with Crippen molar-refractivity contribution in [3.05, 3.63) is 76.0 Å². The first-order valence-corrected chi connectivity index (χ1v) is 8.05. The van der Waals surface area contributed by atoms with Crippen LogP contribution >= 0.6 is 0 Å².